The minimum atomic E-state index is -0.914. The van der Waals surface area contributed by atoms with Crippen LogP contribution in [0.2, 0.25) is 0 Å². The van der Waals surface area contributed by atoms with Crippen LogP contribution in [0.5, 0.6) is 0 Å². The van der Waals surface area contributed by atoms with Crippen LogP contribution in [0.15, 0.2) is 24.3 Å². The van der Waals surface area contributed by atoms with E-state index in [9.17, 15) is 19.6 Å². The van der Waals surface area contributed by atoms with Gasteiger partial charge in [0.1, 0.15) is 12.1 Å². The number of hydrogen-bond donors (Lipinski definition) is 1. The molecule has 0 aromatic heterocycles. The van der Waals surface area contributed by atoms with E-state index in [1.165, 1.54) is 4.90 Å². The second-order valence-corrected chi connectivity index (χ2v) is 9.81. The van der Waals surface area contributed by atoms with Crippen LogP contribution in [0.4, 0.5) is 5.69 Å². The van der Waals surface area contributed by atoms with Crippen molar-refractivity contribution in [2.24, 2.45) is 17.8 Å². The molecule has 7 nitrogen and oxygen atoms in total. The first-order chi connectivity index (χ1) is 14.7. The Kier molecular flexibility index (Phi) is 5.28. The summed E-state index contributed by atoms with van der Waals surface area (Å²) in [5.41, 5.74) is 0.669. The molecule has 164 valence electrons. The Morgan fingerprint density at radius 1 is 1.35 bits per heavy atom. The fraction of sp³-hybridized carbons (Fsp3) is 0.583. The maximum Gasteiger partial charge on any atom is 0.246 e. The number of anilines is 1. The maximum absolute atomic E-state index is 13.7. The highest BCUT2D eigenvalue weighted by Crippen LogP contribution is 2.46. The lowest BCUT2D eigenvalue weighted by atomic mass is 9.80. The average molecular weight is 423 g/mol. The molecule has 1 N–H and O–H groups in total. The van der Waals surface area contributed by atoms with Gasteiger partial charge < -0.3 is 15.1 Å². The van der Waals surface area contributed by atoms with Crippen molar-refractivity contribution in [2.45, 2.75) is 57.5 Å². The molecule has 7 heteroatoms. The van der Waals surface area contributed by atoms with Crippen molar-refractivity contribution in [3.8, 4) is 6.07 Å². The molecule has 4 rings (SSSR count). The molecule has 3 aliphatic rings. The second-order valence-electron chi connectivity index (χ2n) is 9.81. The van der Waals surface area contributed by atoms with Gasteiger partial charge in [-0.1, -0.05) is 39.0 Å². The van der Waals surface area contributed by atoms with Crippen LogP contribution in [0.3, 0.4) is 0 Å². The van der Waals surface area contributed by atoms with Crippen LogP contribution in [0.25, 0.3) is 0 Å². The molecule has 0 unspecified atom stereocenters. The number of fused-ring (bicyclic) bond motifs is 2. The summed E-state index contributed by atoms with van der Waals surface area (Å²) in [6, 6.07) is 8.37. The maximum atomic E-state index is 13.7. The molecule has 1 aromatic carbocycles. The van der Waals surface area contributed by atoms with Crippen LogP contribution in [0, 0.1) is 29.1 Å². The van der Waals surface area contributed by atoms with E-state index in [0.29, 0.717) is 12.3 Å². The van der Waals surface area contributed by atoms with Crippen molar-refractivity contribution in [3.05, 3.63) is 29.8 Å². The number of likely N-dealkylation sites (N-methyl/N-ethyl adjacent to an activating group) is 1. The minimum Gasteiger partial charge on any atom is -0.333 e. The highest BCUT2D eigenvalue weighted by atomic mass is 16.2. The van der Waals surface area contributed by atoms with Gasteiger partial charge in [-0.25, -0.2) is 0 Å². The zero-order chi connectivity index (χ0) is 22.5. The van der Waals surface area contributed by atoms with E-state index in [1.807, 2.05) is 45.0 Å². The summed E-state index contributed by atoms with van der Waals surface area (Å²) in [5, 5.41) is 12.8. The van der Waals surface area contributed by atoms with Crippen LogP contribution < -0.4 is 5.32 Å². The van der Waals surface area contributed by atoms with Crippen molar-refractivity contribution >= 4 is 23.4 Å². The van der Waals surface area contributed by atoms with E-state index in [1.54, 1.807) is 11.9 Å². The van der Waals surface area contributed by atoms with E-state index in [-0.39, 0.29) is 42.5 Å². The number of amides is 3. The number of rotatable bonds is 5. The Morgan fingerprint density at radius 3 is 2.65 bits per heavy atom. The lowest BCUT2D eigenvalue weighted by Crippen LogP contribution is -2.52. The third kappa shape index (κ3) is 3.48. The number of nitriles is 1. The fourth-order valence-electron chi connectivity index (χ4n) is 5.13. The standard InChI is InChI=1S/C24H30N4O3/c1-14(2)9-20(27(4)21(29)17-10-15(17)3)22(30)28-13-24(11-16(28)12-25)18-7-5-6-8-19(18)26-23(24)31/h5-8,14-17,20H,9-11,13H2,1-4H3,(H,26,31)/t15-,16-,17-,20-,24-/m0/s1. The molecule has 3 amide bonds. The van der Waals surface area contributed by atoms with Gasteiger partial charge in [0, 0.05) is 31.6 Å². The molecular weight excluding hydrogens is 392 g/mol. The molecule has 2 fully saturated rings. The molecule has 1 saturated heterocycles. The highest BCUT2D eigenvalue weighted by molar-refractivity contribution is 6.07. The van der Waals surface area contributed by atoms with E-state index >= 15 is 0 Å². The Bertz CT molecular complexity index is 968. The van der Waals surface area contributed by atoms with Gasteiger partial charge in [0.05, 0.1) is 11.5 Å². The molecule has 0 radical (unpaired) electrons. The molecule has 5 atom stereocenters. The van der Waals surface area contributed by atoms with E-state index in [4.69, 9.17) is 0 Å². The number of benzene rings is 1. The number of nitrogens with zero attached hydrogens (tertiary/aromatic N) is 3. The molecular formula is C24H30N4O3. The summed E-state index contributed by atoms with van der Waals surface area (Å²) in [5.74, 6) is 0.132. The summed E-state index contributed by atoms with van der Waals surface area (Å²) in [6.07, 6.45) is 1.65. The Hall–Kier alpha value is -2.88. The predicted molar refractivity (Wildman–Crippen MR) is 116 cm³/mol. The van der Waals surface area contributed by atoms with Crippen LogP contribution in [-0.2, 0) is 19.8 Å². The monoisotopic (exact) mass is 422 g/mol. The molecule has 1 aliphatic carbocycles. The number of carbonyl (C=O) groups is 3. The van der Waals surface area contributed by atoms with Crippen molar-refractivity contribution in [1.29, 1.82) is 5.26 Å². The molecule has 0 bridgehead atoms. The number of para-hydroxylation sites is 1. The van der Waals surface area contributed by atoms with Gasteiger partial charge in [-0.3, -0.25) is 14.4 Å². The number of carbonyl (C=O) groups excluding carboxylic acids is 3. The highest BCUT2D eigenvalue weighted by Gasteiger charge is 2.57. The van der Waals surface area contributed by atoms with Crippen LogP contribution in [0.1, 0.15) is 45.6 Å². The summed E-state index contributed by atoms with van der Waals surface area (Å²) >= 11 is 0. The predicted octanol–water partition coefficient (Wildman–Crippen LogP) is 2.53. The summed E-state index contributed by atoms with van der Waals surface area (Å²) in [6.45, 7) is 6.24. The second kappa shape index (κ2) is 7.67. The summed E-state index contributed by atoms with van der Waals surface area (Å²) < 4.78 is 0. The molecule has 1 aromatic rings. The zero-order valence-electron chi connectivity index (χ0n) is 18.6. The third-order valence-electron chi connectivity index (χ3n) is 7.14. The van der Waals surface area contributed by atoms with E-state index in [2.05, 4.69) is 11.4 Å². The molecule has 1 spiro atoms. The van der Waals surface area contributed by atoms with Gasteiger partial charge in [-0.2, -0.15) is 5.26 Å². The number of hydrogen-bond acceptors (Lipinski definition) is 4. The van der Waals surface area contributed by atoms with Crippen LogP contribution in [-0.4, -0.2) is 53.2 Å². The first-order valence-electron chi connectivity index (χ1n) is 11.1. The Morgan fingerprint density at radius 2 is 2.03 bits per heavy atom. The lowest BCUT2D eigenvalue weighted by Gasteiger charge is -2.33. The topological polar surface area (TPSA) is 93.5 Å². The van der Waals surface area contributed by atoms with Crippen molar-refractivity contribution in [1.82, 2.24) is 9.80 Å². The van der Waals surface area contributed by atoms with Crippen molar-refractivity contribution in [3.63, 3.8) is 0 Å². The lowest BCUT2D eigenvalue weighted by molar-refractivity contribution is -0.146. The molecule has 1 saturated carbocycles. The minimum absolute atomic E-state index is 0.00197. The smallest absolute Gasteiger partial charge is 0.246 e. The summed E-state index contributed by atoms with van der Waals surface area (Å²) in [4.78, 5) is 42.7. The first-order valence-corrected chi connectivity index (χ1v) is 11.1. The van der Waals surface area contributed by atoms with Crippen molar-refractivity contribution < 1.29 is 14.4 Å². The number of likely N-dealkylation sites (tertiary alicyclic amines) is 1. The average Bonchev–Trinajstić information content (AvgIpc) is 3.24. The Labute approximate surface area is 183 Å². The third-order valence-corrected chi connectivity index (χ3v) is 7.14. The van der Waals surface area contributed by atoms with Crippen molar-refractivity contribution in [2.75, 3.05) is 18.9 Å². The normalized spacial score (nSPS) is 29.5. The van der Waals surface area contributed by atoms with Gasteiger partial charge in [-0.05, 0) is 36.3 Å². The first kappa shape index (κ1) is 21.4. The summed E-state index contributed by atoms with van der Waals surface area (Å²) in [7, 11) is 1.70. The van der Waals surface area contributed by atoms with Gasteiger partial charge >= 0.3 is 0 Å². The fourth-order valence-corrected chi connectivity index (χ4v) is 5.13. The van der Waals surface area contributed by atoms with Gasteiger partial charge in [0.2, 0.25) is 17.7 Å². The van der Waals surface area contributed by atoms with E-state index in [0.717, 1.165) is 17.7 Å². The van der Waals surface area contributed by atoms with Gasteiger partial charge in [-0.15, -0.1) is 0 Å². The van der Waals surface area contributed by atoms with Crippen LogP contribution >= 0.6 is 0 Å². The SMILES string of the molecule is CC(C)C[C@@H](C(=O)N1C[C@]2(C[C@H]1C#N)C(=O)Nc1ccccc12)N(C)C(=O)[C@H]1C[C@@H]1C. The van der Waals surface area contributed by atoms with Gasteiger partial charge in [0.15, 0.2) is 0 Å². The quantitative estimate of drug-likeness (QED) is 0.789. The largest absolute Gasteiger partial charge is 0.333 e. The van der Waals surface area contributed by atoms with E-state index < -0.39 is 17.5 Å². The zero-order valence-corrected chi connectivity index (χ0v) is 18.6. The number of nitrogens with one attached hydrogen (secondary N) is 1. The Balaban J connectivity index is 1.63. The molecule has 2 aliphatic heterocycles. The van der Waals surface area contributed by atoms with Gasteiger partial charge in [0.25, 0.3) is 0 Å². The molecule has 31 heavy (non-hydrogen) atoms. The molecule has 2 heterocycles.